The summed E-state index contributed by atoms with van der Waals surface area (Å²) in [7, 11) is 9.63. The van der Waals surface area contributed by atoms with Crippen molar-refractivity contribution >= 4 is 30.4 Å². The van der Waals surface area contributed by atoms with E-state index in [1.54, 1.807) is 24.3 Å². The fourth-order valence-electron chi connectivity index (χ4n) is 1.01. The predicted octanol–water partition coefficient (Wildman–Crippen LogP) is 5.85. The molecule has 5 heteroatoms. The Hall–Kier alpha value is -1.34. The van der Waals surface area contributed by atoms with E-state index in [-0.39, 0.29) is 15.9 Å². The van der Waals surface area contributed by atoms with Crippen LogP contribution in [0.3, 0.4) is 0 Å². The molecule has 2 rings (SSSR count). The van der Waals surface area contributed by atoms with Gasteiger partial charge in [-0.05, 0) is 0 Å². The van der Waals surface area contributed by atoms with Gasteiger partial charge >= 0.3 is 35.0 Å². The minimum atomic E-state index is -0.106. The summed E-state index contributed by atoms with van der Waals surface area (Å²) in [6.07, 6.45) is 0. The van der Waals surface area contributed by atoms with Crippen molar-refractivity contribution in [1.29, 1.82) is 0 Å². The van der Waals surface area contributed by atoms with Gasteiger partial charge in [0.25, 0.3) is 0 Å². The zero-order valence-electron chi connectivity index (χ0n) is 9.74. The number of para-hydroxylation sites is 2. The van der Waals surface area contributed by atoms with Crippen molar-refractivity contribution in [2.24, 2.45) is 0 Å². The first-order valence-corrected chi connectivity index (χ1v) is 8.96. The van der Waals surface area contributed by atoms with Gasteiger partial charge in [-0.3, -0.25) is 0 Å². The third-order valence-electron chi connectivity index (χ3n) is 1.77. The Morgan fingerprint density at radius 1 is 0.684 bits per heavy atom. The SMILES string of the molecule is [C-]#[N+]c1ccccc1.[C-]#[N+]c1ccccc1.[Cl][Pd][Cl]. The van der Waals surface area contributed by atoms with Crippen LogP contribution in [0.15, 0.2) is 60.7 Å². The molecule has 0 unspecified atom stereocenters. The van der Waals surface area contributed by atoms with Crippen molar-refractivity contribution in [1.82, 2.24) is 0 Å². The summed E-state index contributed by atoms with van der Waals surface area (Å²) < 4.78 is 0. The molecular formula is C14H10Cl2N2Pd. The first-order chi connectivity index (χ1) is 9.28. The van der Waals surface area contributed by atoms with Crippen molar-refractivity contribution in [3.8, 4) is 0 Å². The van der Waals surface area contributed by atoms with Crippen molar-refractivity contribution in [3.63, 3.8) is 0 Å². The van der Waals surface area contributed by atoms with Crippen LogP contribution in [0.1, 0.15) is 0 Å². The van der Waals surface area contributed by atoms with Crippen molar-refractivity contribution < 1.29 is 15.9 Å². The number of halogens is 2. The van der Waals surface area contributed by atoms with Gasteiger partial charge in [0.15, 0.2) is 11.4 Å². The standard InChI is InChI=1S/2C7H5N.2ClH.Pd/c2*1-8-7-5-3-2-4-6-7;;;/h2*2-6H;2*1H;/q;;;;+2/p-2. The third-order valence-corrected chi connectivity index (χ3v) is 1.77. The normalized spacial score (nSPS) is 7.79. The van der Waals surface area contributed by atoms with Gasteiger partial charge in [-0.1, -0.05) is 60.7 Å². The summed E-state index contributed by atoms with van der Waals surface area (Å²) in [6.45, 7) is 13.1. The molecule has 0 bridgehead atoms. The molecule has 0 atom stereocenters. The van der Waals surface area contributed by atoms with Crippen LogP contribution in [-0.4, -0.2) is 0 Å². The fourth-order valence-corrected chi connectivity index (χ4v) is 1.01. The molecule has 0 heterocycles. The van der Waals surface area contributed by atoms with Crippen molar-refractivity contribution in [3.05, 3.63) is 83.5 Å². The van der Waals surface area contributed by atoms with Gasteiger partial charge in [0.05, 0.1) is 13.1 Å². The maximum atomic E-state index is 6.57. The van der Waals surface area contributed by atoms with E-state index in [4.69, 9.17) is 32.2 Å². The summed E-state index contributed by atoms with van der Waals surface area (Å²) in [4.78, 5) is 6.44. The van der Waals surface area contributed by atoms with Crippen LogP contribution in [0.4, 0.5) is 11.4 Å². The van der Waals surface area contributed by atoms with E-state index in [9.17, 15) is 0 Å². The second-order valence-corrected chi connectivity index (χ2v) is 5.30. The van der Waals surface area contributed by atoms with Crippen LogP contribution in [0.5, 0.6) is 0 Å². The third kappa shape index (κ3) is 10.3. The second kappa shape index (κ2) is 13.1. The Labute approximate surface area is 129 Å². The molecule has 0 aliphatic carbocycles. The molecule has 0 N–H and O–H groups in total. The molecule has 2 aromatic rings. The van der Waals surface area contributed by atoms with Crippen LogP contribution in [0, 0.1) is 13.1 Å². The average Bonchev–Trinajstić information content (AvgIpc) is 2.50. The number of hydrogen-bond donors (Lipinski definition) is 0. The average molecular weight is 384 g/mol. The molecule has 0 aromatic heterocycles. The molecular weight excluding hydrogens is 373 g/mol. The number of hydrogen-bond acceptors (Lipinski definition) is 0. The van der Waals surface area contributed by atoms with E-state index >= 15 is 0 Å². The molecule has 100 valence electrons. The number of nitrogens with zero attached hydrogens (tertiary/aromatic N) is 2. The van der Waals surface area contributed by atoms with E-state index in [0.29, 0.717) is 11.4 Å². The van der Waals surface area contributed by atoms with Crippen molar-refractivity contribution in [2.45, 2.75) is 0 Å². The topological polar surface area (TPSA) is 8.72 Å². The molecule has 0 radical (unpaired) electrons. The molecule has 0 saturated carbocycles. The van der Waals surface area contributed by atoms with E-state index in [2.05, 4.69) is 9.69 Å². The van der Waals surface area contributed by atoms with Gasteiger partial charge in [0.2, 0.25) is 0 Å². The maximum absolute atomic E-state index is 6.57. The molecule has 19 heavy (non-hydrogen) atoms. The summed E-state index contributed by atoms with van der Waals surface area (Å²) in [5.74, 6) is 0. The zero-order chi connectivity index (χ0) is 14.3. The molecule has 0 aliphatic heterocycles. The molecule has 0 fully saturated rings. The van der Waals surface area contributed by atoms with Gasteiger partial charge < -0.3 is 0 Å². The van der Waals surface area contributed by atoms with Gasteiger partial charge in [-0.2, -0.15) is 0 Å². The van der Waals surface area contributed by atoms with Crippen LogP contribution in [-0.2, 0) is 15.9 Å². The van der Waals surface area contributed by atoms with Crippen LogP contribution in [0.25, 0.3) is 9.69 Å². The van der Waals surface area contributed by atoms with Crippen LogP contribution in [0.2, 0.25) is 0 Å². The van der Waals surface area contributed by atoms with E-state index in [0.717, 1.165) is 0 Å². The summed E-state index contributed by atoms with van der Waals surface area (Å²) in [5.41, 5.74) is 1.40. The van der Waals surface area contributed by atoms with Gasteiger partial charge in [0, 0.05) is 0 Å². The Morgan fingerprint density at radius 3 is 1.11 bits per heavy atom. The van der Waals surface area contributed by atoms with Crippen LogP contribution < -0.4 is 0 Å². The molecule has 0 spiro atoms. The van der Waals surface area contributed by atoms with E-state index < -0.39 is 0 Å². The Kier molecular flexibility index (Phi) is 12.2. The first kappa shape index (κ1) is 17.7. The zero-order valence-corrected chi connectivity index (χ0v) is 12.8. The van der Waals surface area contributed by atoms with Gasteiger partial charge in [0.1, 0.15) is 0 Å². The second-order valence-electron chi connectivity index (χ2n) is 2.94. The molecule has 2 nitrogen and oxygen atoms in total. The molecule has 0 amide bonds. The van der Waals surface area contributed by atoms with Crippen LogP contribution >= 0.6 is 19.1 Å². The van der Waals surface area contributed by atoms with E-state index in [1.165, 1.54) is 0 Å². The fraction of sp³-hybridized carbons (Fsp3) is 0. The van der Waals surface area contributed by atoms with Gasteiger partial charge in [-0.25, -0.2) is 9.69 Å². The van der Waals surface area contributed by atoms with Gasteiger partial charge in [-0.15, -0.1) is 0 Å². The number of benzene rings is 2. The number of rotatable bonds is 0. The molecule has 0 aliphatic rings. The Balaban J connectivity index is 0.000000284. The Bertz CT molecular complexity index is 469. The Morgan fingerprint density at radius 2 is 0.947 bits per heavy atom. The van der Waals surface area contributed by atoms with E-state index in [1.807, 2.05) is 36.4 Å². The predicted molar refractivity (Wildman–Crippen MR) is 77.1 cm³/mol. The summed E-state index contributed by atoms with van der Waals surface area (Å²) in [6, 6.07) is 18.4. The molecule has 0 saturated heterocycles. The quantitative estimate of drug-likeness (QED) is 0.398. The minimum absolute atomic E-state index is 0.106. The summed E-state index contributed by atoms with van der Waals surface area (Å²) in [5, 5.41) is 0. The van der Waals surface area contributed by atoms with Crippen molar-refractivity contribution in [2.75, 3.05) is 0 Å². The molecule has 2 aromatic carbocycles. The summed E-state index contributed by atoms with van der Waals surface area (Å²) >= 11 is -0.106. The monoisotopic (exact) mass is 382 g/mol. The first-order valence-electron chi connectivity index (χ1n) is 4.95.